The van der Waals surface area contributed by atoms with Gasteiger partial charge in [-0.05, 0) is 33.0 Å². The summed E-state index contributed by atoms with van der Waals surface area (Å²) in [6, 6.07) is -0.523. The number of likely N-dealkylation sites (tertiary alicyclic amines) is 1. The molecule has 1 aromatic heterocycles. The molecule has 0 saturated carbocycles. The van der Waals surface area contributed by atoms with Gasteiger partial charge in [-0.2, -0.15) is 22.5 Å². The van der Waals surface area contributed by atoms with E-state index in [-0.39, 0.29) is 11.2 Å². The number of carbonyl (C=O) groups is 1. The van der Waals surface area contributed by atoms with Crippen LogP contribution in [-0.2, 0) is 6.18 Å². The van der Waals surface area contributed by atoms with Crippen molar-refractivity contribution >= 4 is 22.7 Å². The van der Waals surface area contributed by atoms with E-state index in [1.807, 2.05) is 7.05 Å². The standard InChI is InChI=1S/C10H14F3N5OS/c1-18-4-2-6(3-5-18)14-8(19)16-9-15-7(17-20-9)10(11,12)13/h6H,2-5H2,1H3,(H2,14,15,16,17,19). The molecule has 0 bridgehead atoms. The topological polar surface area (TPSA) is 70.2 Å². The Balaban J connectivity index is 1.84. The van der Waals surface area contributed by atoms with E-state index in [1.165, 1.54) is 0 Å². The van der Waals surface area contributed by atoms with Crippen molar-refractivity contribution in [3.05, 3.63) is 5.82 Å². The predicted molar refractivity (Wildman–Crippen MR) is 67.6 cm³/mol. The van der Waals surface area contributed by atoms with Gasteiger partial charge in [0.2, 0.25) is 11.0 Å². The van der Waals surface area contributed by atoms with Crippen LogP contribution in [0.25, 0.3) is 0 Å². The van der Waals surface area contributed by atoms with E-state index in [0.717, 1.165) is 25.9 Å². The van der Waals surface area contributed by atoms with E-state index in [0.29, 0.717) is 11.5 Å². The number of rotatable bonds is 2. The quantitative estimate of drug-likeness (QED) is 0.873. The molecule has 0 atom stereocenters. The molecule has 1 aliphatic heterocycles. The van der Waals surface area contributed by atoms with Crippen LogP contribution in [0, 0.1) is 0 Å². The van der Waals surface area contributed by atoms with Crippen LogP contribution in [0.2, 0.25) is 0 Å². The summed E-state index contributed by atoms with van der Waals surface area (Å²) in [5.74, 6) is -1.24. The van der Waals surface area contributed by atoms with Crippen LogP contribution in [0.3, 0.4) is 0 Å². The van der Waals surface area contributed by atoms with E-state index < -0.39 is 18.0 Å². The number of nitrogens with zero attached hydrogens (tertiary/aromatic N) is 3. The largest absolute Gasteiger partial charge is 0.452 e. The molecule has 2 heterocycles. The third kappa shape index (κ3) is 4.04. The van der Waals surface area contributed by atoms with E-state index in [9.17, 15) is 18.0 Å². The Morgan fingerprint density at radius 2 is 2.05 bits per heavy atom. The van der Waals surface area contributed by atoms with Crippen LogP contribution in [0.1, 0.15) is 18.7 Å². The van der Waals surface area contributed by atoms with Crippen molar-refractivity contribution in [1.29, 1.82) is 0 Å². The lowest BCUT2D eigenvalue weighted by Crippen LogP contribution is -2.44. The summed E-state index contributed by atoms with van der Waals surface area (Å²) in [6.07, 6.45) is -2.97. The summed E-state index contributed by atoms with van der Waals surface area (Å²) in [7, 11) is 2.00. The monoisotopic (exact) mass is 309 g/mol. The van der Waals surface area contributed by atoms with E-state index >= 15 is 0 Å². The molecule has 0 aliphatic carbocycles. The van der Waals surface area contributed by atoms with Crippen molar-refractivity contribution in [1.82, 2.24) is 19.6 Å². The van der Waals surface area contributed by atoms with Crippen molar-refractivity contribution in [3.8, 4) is 0 Å². The van der Waals surface area contributed by atoms with Gasteiger partial charge >= 0.3 is 12.2 Å². The molecule has 6 nitrogen and oxygen atoms in total. The van der Waals surface area contributed by atoms with E-state index in [4.69, 9.17) is 0 Å². The maximum atomic E-state index is 12.3. The molecule has 2 amide bonds. The minimum absolute atomic E-state index is 0.0289. The molecule has 10 heteroatoms. The lowest BCUT2D eigenvalue weighted by atomic mass is 10.1. The minimum Gasteiger partial charge on any atom is -0.335 e. The number of hydrogen-bond acceptors (Lipinski definition) is 5. The smallest absolute Gasteiger partial charge is 0.335 e. The number of anilines is 1. The van der Waals surface area contributed by atoms with Gasteiger partial charge in [0.1, 0.15) is 0 Å². The molecular formula is C10H14F3N5OS. The first kappa shape index (κ1) is 15.0. The van der Waals surface area contributed by atoms with Crippen LogP contribution in [0.4, 0.5) is 23.1 Å². The molecule has 20 heavy (non-hydrogen) atoms. The SMILES string of the molecule is CN1CCC(NC(=O)Nc2nc(C(F)(F)F)ns2)CC1. The molecule has 2 N–H and O–H groups in total. The Labute approximate surface area is 117 Å². The summed E-state index contributed by atoms with van der Waals surface area (Å²) < 4.78 is 40.0. The van der Waals surface area contributed by atoms with Crippen LogP contribution < -0.4 is 10.6 Å². The predicted octanol–water partition coefficient (Wildman–Crippen LogP) is 1.77. The van der Waals surface area contributed by atoms with Gasteiger partial charge in [-0.15, -0.1) is 0 Å². The molecule has 112 valence electrons. The summed E-state index contributed by atoms with van der Waals surface area (Å²) in [5, 5.41) is 4.83. The highest BCUT2D eigenvalue weighted by atomic mass is 32.1. The number of carbonyl (C=O) groups excluding carboxylic acids is 1. The highest BCUT2D eigenvalue weighted by molar-refractivity contribution is 7.09. The van der Waals surface area contributed by atoms with Gasteiger partial charge < -0.3 is 10.2 Å². The van der Waals surface area contributed by atoms with Gasteiger partial charge in [0.25, 0.3) is 0 Å². The maximum Gasteiger partial charge on any atom is 0.452 e. The average Bonchev–Trinajstić information content (AvgIpc) is 2.80. The van der Waals surface area contributed by atoms with Gasteiger partial charge in [0.05, 0.1) is 0 Å². The number of alkyl halides is 3. The summed E-state index contributed by atoms with van der Waals surface area (Å²) in [6.45, 7) is 1.75. The van der Waals surface area contributed by atoms with Crippen molar-refractivity contribution in [2.75, 3.05) is 25.5 Å². The molecular weight excluding hydrogens is 295 g/mol. The zero-order valence-corrected chi connectivity index (χ0v) is 11.5. The van der Waals surface area contributed by atoms with Crippen molar-refractivity contribution in [3.63, 3.8) is 0 Å². The Kier molecular flexibility index (Phi) is 4.43. The molecule has 0 spiro atoms. The zero-order chi connectivity index (χ0) is 14.8. The fraction of sp³-hybridized carbons (Fsp3) is 0.700. The van der Waals surface area contributed by atoms with Crippen LogP contribution in [0.15, 0.2) is 0 Å². The fourth-order valence-electron chi connectivity index (χ4n) is 1.86. The molecule has 1 fully saturated rings. The number of halogens is 3. The third-order valence-electron chi connectivity index (χ3n) is 2.95. The molecule has 2 rings (SSSR count). The lowest BCUT2D eigenvalue weighted by Gasteiger charge is -2.29. The normalized spacial score (nSPS) is 18.0. The second kappa shape index (κ2) is 5.92. The fourth-order valence-corrected chi connectivity index (χ4v) is 2.44. The summed E-state index contributed by atoms with van der Waals surface area (Å²) in [4.78, 5) is 17.0. The molecule has 1 aliphatic rings. The number of aromatic nitrogens is 2. The van der Waals surface area contributed by atoms with Crippen molar-refractivity contribution < 1.29 is 18.0 Å². The summed E-state index contributed by atoms with van der Waals surface area (Å²) in [5.41, 5.74) is 0. The molecule has 0 aromatic carbocycles. The average molecular weight is 309 g/mol. The van der Waals surface area contributed by atoms with Gasteiger partial charge in [0, 0.05) is 17.6 Å². The van der Waals surface area contributed by atoms with Crippen LogP contribution in [-0.4, -0.2) is 46.5 Å². The highest BCUT2D eigenvalue weighted by Gasteiger charge is 2.36. The number of amides is 2. The lowest BCUT2D eigenvalue weighted by molar-refractivity contribution is -0.144. The second-order valence-electron chi connectivity index (χ2n) is 4.60. The number of hydrogen-bond donors (Lipinski definition) is 2. The van der Waals surface area contributed by atoms with Gasteiger partial charge in [-0.3, -0.25) is 5.32 Å². The van der Waals surface area contributed by atoms with Gasteiger partial charge in [-0.1, -0.05) is 0 Å². The molecule has 0 radical (unpaired) electrons. The van der Waals surface area contributed by atoms with Crippen molar-refractivity contribution in [2.45, 2.75) is 25.1 Å². The minimum atomic E-state index is -4.60. The first-order chi connectivity index (χ1) is 9.34. The number of nitrogens with one attached hydrogen (secondary N) is 2. The third-order valence-corrected chi connectivity index (χ3v) is 3.58. The summed E-state index contributed by atoms with van der Waals surface area (Å²) >= 11 is 0.506. The Bertz CT molecular complexity index is 470. The molecule has 1 saturated heterocycles. The molecule has 0 unspecified atom stereocenters. The maximum absolute atomic E-state index is 12.3. The Hall–Kier alpha value is -1.42. The zero-order valence-electron chi connectivity index (χ0n) is 10.7. The first-order valence-electron chi connectivity index (χ1n) is 6.01. The second-order valence-corrected chi connectivity index (χ2v) is 5.35. The first-order valence-corrected chi connectivity index (χ1v) is 6.79. The number of piperidine rings is 1. The van der Waals surface area contributed by atoms with Gasteiger partial charge in [0.15, 0.2) is 0 Å². The highest BCUT2D eigenvalue weighted by Crippen LogP contribution is 2.28. The van der Waals surface area contributed by atoms with Crippen LogP contribution in [0.5, 0.6) is 0 Å². The van der Waals surface area contributed by atoms with E-state index in [1.54, 1.807) is 0 Å². The Morgan fingerprint density at radius 1 is 1.40 bits per heavy atom. The van der Waals surface area contributed by atoms with Crippen molar-refractivity contribution in [2.24, 2.45) is 0 Å². The van der Waals surface area contributed by atoms with Crippen LogP contribution >= 0.6 is 11.5 Å². The van der Waals surface area contributed by atoms with E-state index in [2.05, 4.69) is 24.9 Å². The van der Waals surface area contributed by atoms with Gasteiger partial charge in [-0.25, -0.2) is 4.79 Å². The Morgan fingerprint density at radius 3 is 2.60 bits per heavy atom. The molecule has 1 aromatic rings. The number of urea groups is 1.